The summed E-state index contributed by atoms with van der Waals surface area (Å²) in [4.78, 5) is 40.9. The molecule has 1 aliphatic carbocycles. The zero-order valence-electron chi connectivity index (χ0n) is 19.1. The molecule has 1 N–H and O–H groups in total. The van der Waals surface area contributed by atoms with Crippen molar-refractivity contribution in [3.05, 3.63) is 58.0 Å². The van der Waals surface area contributed by atoms with Crippen LogP contribution in [0.3, 0.4) is 0 Å². The third-order valence-corrected chi connectivity index (χ3v) is 7.46. The Balaban J connectivity index is 1.32. The van der Waals surface area contributed by atoms with Crippen molar-refractivity contribution in [3.63, 3.8) is 0 Å². The predicted octanol–water partition coefficient (Wildman–Crippen LogP) is 3.64. The lowest BCUT2D eigenvalue weighted by molar-refractivity contribution is -0.120. The van der Waals surface area contributed by atoms with Gasteiger partial charge in [0.15, 0.2) is 0 Å². The number of carbonyl (C=O) groups excluding carboxylic acids is 2. The van der Waals surface area contributed by atoms with E-state index in [4.69, 9.17) is 4.74 Å². The summed E-state index contributed by atoms with van der Waals surface area (Å²) in [6.07, 6.45) is 6.12. The third kappa shape index (κ3) is 4.28. The van der Waals surface area contributed by atoms with Crippen molar-refractivity contribution in [2.24, 2.45) is 11.8 Å². The van der Waals surface area contributed by atoms with Crippen molar-refractivity contribution in [1.29, 1.82) is 0 Å². The number of carbonyl (C=O) groups is 2. The number of aromatic nitrogens is 1. The molecule has 7 heteroatoms. The summed E-state index contributed by atoms with van der Waals surface area (Å²) in [5, 5.41) is 2.91. The molecule has 0 radical (unpaired) electrons. The number of hydrogen-bond acceptors (Lipinski definition) is 4. The summed E-state index contributed by atoms with van der Waals surface area (Å²) in [7, 11) is 1.61. The number of nitrogens with zero attached hydrogens (tertiary/aromatic N) is 2. The highest BCUT2D eigenvalue weighted by Crippen LogP contribution is 2.36. The monoisotopic (exact) mass is 449 g/mol. The van der Waals surface area contributed by atoms with Crippen molar-refractivity contribution in [2.45, 2.75) is 51.0 Å². The van der Waals surface area contributed by atoms with Crippen LogP contribution in [0.4, 0.5) is 5.69 Å². The van der Waals surface area contributed by atoms with Gasteiger partial charge in [0.1, 0.15) is 11.4 Å². The van der Waals surface area contributed by atoms with Gasteiger partial charge in [-0.2, -0.15) is 0 Å². The number of anilines is 1. The van der Waals surface area contributed by atoms with E-state index in [2.05, 4.69) is 5.32 Å². The average Bonchev–Trinajstić information content (AvgIpc) is 2.86. The van der Waals surface area contributed by atoms with Crippen molar-refractivity contribution in [3.8, 4) is 5.75 Å². The number of ether oxygens (including phenoxy) is 1. The Hall–Kier alpha value is -3.09. The third-order valence-electron chi connectivity index (χ3n) is 7.46. The summed E-state index contributed by atoms with van der Waals surface area (Å²) in [6, 6.07) is 10.9. The lowest BCUT2D eigenvalue weighted by Crippen LogP contribution is -2.49. The van der Waals surface area contributed by atoms with Crippen LogP contribution >= 0.6 is 0 Å². The summed E-state index contributed by atoms with van der Waals surface area (Å²) < 4.78 is 7.01. The molecule has 1 saturated carbocycles. The number of fused-ring (bicyclic) bond motifs is 4. The number of hydrogen-bond donors (Lipinski definition) is 1. The maximum absolute atomic E-state index is 13.2. The van der Waals surface area contributed by atoms with Gasteiger partial charge in [0.25, 0.3) is 11.5 Å². The van der Waals surface area contributed by atoms with Gasteiger partial charge in [-0.1, -0.05) is 19.3 Å². The molecule has 1 aromatic carbocycles. The molecule has 7 nitrogen and oxygen atoms in total. The fourth-order valence-electron chi connectivity index (χ4n) is 5.72. The number of amides is 2. The molecule has 3 heterocycles. The van der Waals surface area contributed by atoms with Gasteiger partial charge in [-0.05, 0) is 61.6 Å². The highest BCUT2D eigenvalue weighted by Gasteiger charge is 2.37. The molecule has 2 amide bonds. The number of rotatable bonds is 4. The van der Waals surface area contributed by atoms with Crippen LogP contribution in [0.5, 0.6) is 5.75 Å². The number of pyridine rings is 1. The number of piperidine rings is 1. The number of benzene rings is 1. The van der Waals surface area contributed by atoms with Crippen LogP contribution in [0.15, 0.2) is 41.2 Å². The first-order chi connectivity index (χ1) is 16.0. The largest absolute Gasteiger partial charge is 0.497 e. The molecule has 3 aliphatic rings. The van der Waals surface area contributed by atoms with E-state index >= 15 is 0 Å². The second kappa shape index (κ2) is 9.04. The zero-order chi connectivity index (χ0) is 22.9. The summed E-state index contributed by atoms with van der Waals surface area (Å²) in [5.41, 5.74) is 1.86. The van der Waals surface area contributed by atoms with Crippen molar-refractivity contribution >= 4 is 17.5 Å². The molecule has 5 rings (SSSR count). The van der Waals surface area contributed by atoms with Crippen LogP contribution in [0.1, 0.15) is 60.5 Å². The molecule has 0 unspecified atom stereocenters. The molecule has 2 fully saturated rings. The molecule has 2 aromatic rings. The lowest BCUT2D eigenvalue weighted by atomic mass is 9.83. The van der Waals surface area contributed by atoms with Gasteiger partial charge >= 0.3 is 0 Å². The molecule has 1 saturated heterocycles. The Morgan fingerprint density at radius 3 is 2.45 bits per heavy atom. The van der Waals surface area contributed by atoms with Crippen LogP contribution in [0, 0.1) is 11.8 Å². The van der Waals surface area contributed by atoms with Crippen LogP contribution in [0.25, 0.3) is 0 Å². The molecule has 174 valence electrons. The van der Waals surface area contributed by atoms with E-state index in [0.29, 0.717) is 30.9 Å². The lowest BCUT2D eigenvalue weighted by Gasteiger charge is -2.43. The first-order valence-electron chi connectivity index (χ1n) is 12.0. The Morgan fingerprint density at radius 1 is 0.970 bits per heavy atom. The molecule has 2 aliphatic heterocycles. The second-order valence-electron chi connectivity index (χ2n) is 9.65. The standard InChI is InChI=1S/C26H31N3O4/c1-33-21-9-7-19(8-10-21)25(31)28-14-17-13-20(16-28)23-12-11-22(26(32)29(23)15-17)27-24(30)18-5-3-2-4-6-18/h7-12,17-18,20H,2-6,13-16H2,1H3,(H,27,30)/t17-,20+/m0/s1. The van der Waals surface area contributed by atoms with E-state index in [9.17, 15) is 14.4 Å². The quantitative estimate of drug-likeness (QED) is 0.773. The molecule has 2 bridgehead atoms. The van der Waals surface area contributed by atoms with Gasteiger partial charge in [0, 0.05) is 42.7 Å². The first kappa shape index (κ1) is 21.7. The SMILES string of the molecule is COc1ccc(C(=O)N2C[C@@H]3C[C@H](C2)c2ccc(NC(=O)C4CCCCC4)c(=O)n2C3)cc1. The zero-order valence-corrected chi connectivity index (χ0v) is 19.1. The van der Waals surface area contributed by atoms with Crippen molar-refractivity contribution in [1.82, 2.24) is 9.47 Å². The molecular formula is C26H31N3O4. The molecule has 1 aromatic heterocycles. The Bertz CT molecular complexity index is 1100. The fourth-order valence-corrected chi connectivity index (χ4v) is 5.72. The minimum Gasteiger partial charge on any atom is -0.497 e. The fraction of sp³-hybridized carbons (Fsp3) is 0.500. The van der Waals surface area contributed by atoms with Gasteiger partial charge in [-0.3, -0.25) is 14.4 Å². The van der Waals surface area contributed by atoms with Crippen LogP contribution in [-0.4, -0.2) is 41.5 Å². The van der Waals surface area contributed by atoms with Gasteiger partial charge in [-0.15, -0.1) is 0 Å². The predicted molar refractivity (Wildman–Crippen MR) is 126 cm³/mol. The Kier molecular flexibility index (Phi) is 5.96. The minimum atomic E-state index is -0.124. The topological polar surface area (TPSA) is 80.6 Å². The van der Waals surface area contributed by atoms with E-state index in [1.807, 2.05) is 15.5 Å². The first-order valence-corrected chi connectivity index (χ1v) is 12.0. The smallest absolute Gasteiger partial charge is 0.274 e. The van der Waals surface area contributed by atoms with E-state index in [1.54, 1.807) is 37.4 Å². The van der Waals surface area contributed by atoms with Gasteiger partial charge in [0.05, 0.1) is 7.11 Å². The van der Waals surface area contributed by atoms with Gasteiger partial charge in [0.2, 0.25) is 5.91 Å². The normalized spacial score (nSPS) is 22.4. The molecule has 0 spiro atoms. The number of nitrogens with one attached hydrogen (secondary N) is 1. The molecular weight excluding hydrogens is 418 g/mol. The maximum Gasteiger partial charge on any atom is 0.274 e. The number of methoxy groups -OCH3 is 1. The van der Waals surface area contributed by atoms with E-state index in [0.717, 1.165) is 43.5 Å². The van der Waals surface area contributed by atoms with Crippen molar-refractivity contribution < 1.29 is 14.3 Å². The Morgan fingerprint density at radius 2 is 1.73 bits per heavy atom. The van der Waals surface area contributed by atoms with E-state index in [1.165, 1.54) is 6.42 Å². The van der Waals surface area contributed by atoms with Gasteiger partial charge < -0.3 is 19.5 Å². The summed E-state index contributed by atoms with van der Waals surface area (Å²) in [5.74, 6) is 1.06. The molecule has 33 heavy (non-hydrogen) atoms. The Labute approximate surface area is 193 Å². The summed E-state index contributed by atoms with van der Waals surface area (Å²) in [6.45, 7) is 1.80. The minimum absolute atomic E-state index is 0.0103. The summed E-state index contributed by atoms with van der Waals surface area (Å²) >= 11 is 0. The van der Waals surface area contributed by atoms with E-state index in [-0.39, 0.29) is 35.1 Å². The maximum atomic E-state index is 13.2. The highest BCUT2D eigenvalue weighted by atomic mass is 16.5. The van der Waals surface area contributed by atoms with Crippen LogP contribution < -0.4 is 15.6 Å². The van der Waals surface area contributed by atoms with E-state index < -0.39 is 0 Å². The molecule has 2 atom stereocenters. The second-order valence-corrected chi connectivity index (χ2v) is 9.65. The van der Waals surface area contributed by atoms with Gasteiger partial charge in [-0.25, -0.2) is 0 Å². The van der Waals surface area contributed by atoms with Crippen LogP contribution in [0.2, 0.25) is 0 Å². The highest BCUT2D eigenvalue weighted by molar-refractivity contribution is 5.94. The van der Waals surface area contributed by atoms with Crippen molar-refractivity contribution in [2.75, 3.05) is 25.5 Å². The average molecular weight is 450 g/mol. The van der Waals surface area contributed by atoms with Crippen LogP contribution in [-0.2, 0) is 11.3 Å². The number of likely N-dealkylation sites (tertiary alicyclic amines) is 1.